The van der Waals surface area contributed by atoms with E-state index in [4.69, 9.17) is 0 Å². The molecule has 1 aliphatic rings. The summed E-state index contributed by atoms with van der Waals surface area (Å²) in [6.45, 7) is 0. The Morgan fingerprint density at radius 2 is 2.40 bits per heavy atom. The van der Waals surface area contributed by atoms with E-state index in [-0.39, 0.29) is 12.1 Å². The van der Waals surface area contributed by atoms with E-state index in [0.717, 1.165) is 6.34 Å². The highest BCUT2D eigenvalue weighted by atomic mass is 16.2. The summed E-state index contributed by atoms with van der Waals surface area (Å²) in [5.41, 5.74) is -0.0301. The minimum absolute atomic E-state index is 0.0301. The molecule has 0 aliphatic carbocycles. The van der Waals surface area contributed by atoms with Crippen LogP contribution in [0.2, 0.25) is 0 Å². The maximum atomic E-state index is 10.6. The molecule has 0 aromatic heterocycles. The molecule has 5 nitrogen and oxygen atoms in total. The monoisotopic (exact) mass is 137 g/mol. The van der Waals surface area contributed by atoms with E-state index in [9.17, 15) is 9.59 Å². The molecule has 2 amide bonds. The van der Waals surface area contributed by atoms with Gasteiger partial charge in [0.25, 0.3) is 5.91 Å². The standard InChI is InChI=1S/C5H3N3O2/c9-3-8-4-1-6-2-7-5(4)10/h1-3H. The van der Waals surface area contributed by atoms with Gasteiger partial charge in [0.15, 0.2) is 5.71 Å². The Kier molecular flexibility index (Phi) is 1.79. The van der Waals surface area contributed by atoms with Crippen molar-refractivity contribution in [3.05, 3.63) is 0 Å². The molecule has 0 aromatic rings. The predicted octanol–water partition coefficient (Wildman–Crippen LogP) is -0.777. The molecule has 1 aliphatic heterocycles. The van der Waals surface area contributed by atoms with E-state index in [1.807, 2.05) is 0 Å². The molecule has 1 heterocycles. The van der Waals surface area contributed by atoms with Crippen molar-refractivity contribution in [2.75, 3.05) is 0 Å². The number of rotatable bonds is 1. The van der Waals surface area contributed by atoms with E-state index in [1.165, 1.54) is 6.21 Å². The second-order valence-corrected chi connectivity index (χ2v) is 1.45. The molecule has 0 N–H and O–H groups in total. The van der Waals surface area contributed by atoms with Gasteiger partial charge < -0.3 is 0 Å². The lowest BCUT2D eigenvalue weighted by molar-refractivity contribution is -0.112. The second-order valence-electron chi connectivity index (χ2n) is 1.45. The van der Waals surface area contributed by atoms with Crippen LogP contribution in [0.4, 0.5) is 0 Å². The SMILES string of the molecule is O=CN=C1C=NC=NC1=O. The number of carbonyl (C=O) groups excluding carboxylic acids is 2. The predicted molar refractivity (Wildman–Crippen MR) is 35.5 cm³/mol. The Morgan fingerprint density at radius 1 is 1.60 bits per heavy atom. The third-order valence-corrected chi connectivity index (χ3v) is 0.849. The zero-order chi connectivity index (χ0) is 7.40. The molecule has 0 aromatic carbocycles. The first-order chi connectivity index (χ1) is 4.84. The molecule has 0 unspecified atom stereocenters. The van der Waals surface area contributed by atoms with Crippen LogP contribution in [0.1, 0.15) is 0 Å². The molecule has 0 bridgehead atoms. The summed E-state index contributed by atoms with van der Waals surface area (Å²) in [6.07, 6.45) is 2.57. The molecule has 0 saturated carbocycles. The van der Waals surface area contributed by atoms with Gasteiger partial charge in [-0.15, -0.1) is 0 Å². The maximum Gasteiger partial charge on any atom is 0.298 e. The van der Waals surface area contributed by atoms with Crippen LogP contribution in [0.15, 0.2) is 15.0 Å². The van der Waals surface area contributed by atoms with Crippen molar-refractivity contribution in [1.82, 2.24) is 0 Å². The molecule has 1 rings (SSSR count). The molecular weight excluding hydrogens is 134 g/mol. The third-order valence-electron chi connectivity index (χ3n) is 0.849. The first-order valence-corrected chi connectivity index (χ1v) is 2.46. The fraction of sp³-hybridized carbons (Fsp3) is 0. The highest BCUT2D eigenvalue weighted by Crippen LogP contribution is 1.85. The zero-order valence-corrected chi connectivity index (χ0v) is 4.89. The number of hydrogen-bond donors (Lipinski definition) is 0. The van der Waals surface area contributed by atoms with Gasteiger partial charge in [0, 0.05) is 0 Å². The second kappa shape index (κ2) is 2.77. The fourth-order valence-corrected chi connectivity index (χ4v) is 0.456. The van der Waals surface area contributed by atoms with E-state index in [0.29, 0.717) is 0 Å². The average molecular weight is 137 g/mol. The number of amides is 2. The van der Waals surface area contributed by atoms with Crippen LogP contribution in [-0.4, -0.2) is 30.6 Å². The van der Waals surface area contributed by atoms with E-state index in [1.54, 1.807) is 0 Å². The van der Waals surface area contributed by atoms with Crippen molar-refractivity contribution in [2.45, 2.75) is 0 Å². The normalized spacial score (nSPS) is 20.0. The summed E-state index contributed by atoms with van der Waals surface area (Å²) in [4.78, 5) is 30.3. The van der Waals surface area contributed by atoms with Crippen LogP contribution in [0.5, 0.6) is 0 Å². The summed E-state index contributed by atoms with van der Waals surface area (Å²) < 4.78 is 0. The average Bonchev–Trinajstić information content (AvgIpc) is 1.94. The first kappa shape index (κ1) is 6.47. The Hall–Kier alpha value is -1.65. The lowest BCUT2D eigenvalue weighted by atomic mass is 10.4. The smallest absolute Gasteiger partial charge is 0.276 e. The molecule has 0 fully saturated rings. The van der Waals surface area contributed by atoms with Crippen LogP contribution in [0.25, 0.3) is 0 Å². The minimum Gasteiger partial charge on any atom is -0.276 e. The lowest BCUT2D eigenvalue weighted by Gasteiger charge is -1.93. The lowest BCUT2D eigenvalue weighted by Crippen LogP contribution is -2.16. The van der Waals surface area contributed by atoms with Gasteiger partial charge >= 0.3 is 0 Å². The fourth-order valence-electron chi connectivity index (χ4n) is 0.456. The largest absolute Gasteiger partial charge is 0.298 e. The number of hydrogen-bond acceptors (Lipinski definition) is 3. The summed E-state index contributed by atoms with van der Waals surface area (Å²) in [5.74, 6) is -0.540. The molecule has 0 saturated heterocycles. The van der Waals surface area contributed by atoms with Gasteiger partial charge in [0.05, 0.1) is 6.21 Å². The van der Waals surface area contributed by atoms with Gasteiger partial charge in [-0.05, 0) is 0 Å². The van der Waals surface area contributed by atoms with E-state index < -0.39 is 5.91 Å². The van der Waals surface area contributed by atoms with Gasteiger partial charge in [0.2, 0.25) is 6.41 Å². The summed E-state index contributed by atoms with van der Waals surface area (Å²) in [7, 11) is 0. The summed E-state index contributed by atoms with van der Waals surface area (Å²) >= 11 is 0. The van der Waals surface area contributed by atoms with Crippen molar-refractivity contribution >= 4 is 30.6 Å². The maximum absolute atomic E-state index is 10.6. The molecule has 0 atom stereocenters. The number of carbonyl (C=O) groups is 2. The van der Waals surface area contributed by atoms with Crippen LogP contribution >= 0.6 is 0 Å². The zero-order valence-electron chi connectivity index (χ0n) is 4.89. The first-order valence-electron chi connectivity index (χ1n) is 2.46. The highest BCUT2D eigenvalue weighted by molar-refractivity contribution is 6.63. The van der Waals surface area contributed by atoms with Crippen molar-refractivity contribution < 1.29 is 9.59 Å². The van der Waals surface area contributed by atoms with Gasteiger partial charge in [-0.3, -0.25) is 9.59 Å². The van der Waals surface area contributed by atoms with Crippen molar-refractivity contribution in [3.8, 4) is 0 Å². The van der Waals surface area contributed by atoms with Gasteiger partial charge in [0.1, 0.15) is 6.34 Å². The Morgan fingerprint density at radius 3 is 3.00 bits per heavy atom. The van der Waals surface area contributed by atoms with E-state index in [2.05, 4.69) is 15.0 Å². The van der Waals surface area contributed by atoms with Crippen LogP contribution in [-0.2, 0) is 9.59 Å². The molecule has 0 spiro atoms. The summed E-state index contributed by atoms with van der Waals surface area (Å²) in [5, 5.41) is 0. The van der Waals surface area contributed by atoms with Crippen molar-refractivity contribution in [2.24, 2.45) is 15.0 Å². The minimum atomic E-state index is -0.540. The van der Waals surface area contributed by atoms with Crippen LogP contribution in [0.3, 0.4) is 0 Å². The number of nitrogens with zero attached hydrogens (tertiary/aromatic N) is 3. The Bertz CT molecular complexity index is 252. The third kappa shape index (κ3) is 1.19. The molecular formula is C5H3N3O2. The number of aliphatic imine (C=N–C) groups is 3. The molecule has 10 heavy (non-hydrogen) atoms. The van der Waals surface area contributed by atoms with Gasteiger partial charge in [-0.2, -0.15) is 4.99 Å². The Labute approximate surface area is 56.2 Å². The van der Waals surface area contributed by atoms with E-state index >= 15 is 0 Å². The molecule has 5 heteroatoms. The van der Waals surface area contributed by atoms with Crippen LogP contribution in [0, 0.1) is 0 Å². The van der Waals surface area contributed by atoms with Gasteiger partial charge in [-0.25, -0.2) is 9.98 Å². The van der Waals surface area contributed by atoms with Crippen molar-refractivity contribution in [1.29, 1.82) is 0 Å². The molecule has 0 radical (unpaired) electrons. The quantitative estimate of drug-likeness (QED) is 0.445. The Balaban J connectivity index is 2.90. The van der Waals surface area contributed by atoms with Gasteiger partial charge in [-0.1, -0.05) is 0 Å². The molecule has 50 valence electrons. The summed E-state index contributed by atoms with van der Waals surface area (Å²) in [6, 6.07) is 0. The van der Waals surface area contributed by atoms with Crippen molar-refractivity contribution in [3.63, 3.8) is 0 Å². The highest BCUT2D eigenvalue weighted by Gasteiger charge is 2.08. The topological polar surface area (TPSA) is 71.2 Å². The van der Waals surface area contributed by atoms with Crippen LogP contribution < -0.4 is 0 Å².